The van der Waals surface area contributed by atoms with Gasteiger partial charge in [0.2, 0.25) is 0 Å². The molecule has 1 saturated heterocycles. The van der Waals surface area contributed by atoms with E-state index in [9.17, 15) is 14.0 Å². The topological polar surface area (TPSA) is 46.6 Å². The summed E-state index contributed by atoms with van der Waals surface area (Å²) in [4.78, 5) is 26.9. The van der Waals surface area contributed by atoms with Gasteiger partial charge in [0.05, 0.1) is 11.4 Å². The minimum Gasteiger partial charge on any atom is -0.488 e. The highest BCUT2D eigenvalue weighted by molar-refractivity contribution is 9.10. The maximum atomic E-state index is 13.9. The molecule has 0 radical (unpaired) electrons. The van der Waals surface area contributed by atoms with E-state index in [0.717, 1.165) is 21.1 Å². The Hall–Kier alpha value is -2.32. The van der Waals surface area contributed by atoms with E-state index in [1.807, 2.05) is 0 Å². The maximum absolute atomic E-state index is 13.9. The average Bonchev–Trinajstić information content (AvgIpc) is 3.03. The number of imide groups is 1. The van der Waals surface area contributed by atoms with E-state index >= 15 is 0 Å². The molecule has 4 nitrogen and oxygen atoms in total. The first-order valence-corrected chi connectivity index (χ1v) is 12.0. The fourth-order valence-electron chi connectivity index (χ4n) is 3.13. The molecule has 0 N–H and O–H groups in total. The van der Waals surface area contributed by atoms with Gasteiger partial charge in [0.25, 0.3) is 11.1 Å². The number of benzene rings is 3. The molecule has 1 aliphatic heterocycles. The van der Waals surface area contributed by atoms with Gasteiger partial charge >= 0.3 is 0 Å². The zero-order chi connectivity index (χ0) is 23.5. The number of carbonyl (C=O) groups is 2. The SMILES string of the molecule is O=C1S/C(=C\c2cc(Br)ccc2OCc2ccccc2F)C(=O)N1Cc1ccc(Cl)cc1Cl. The van der Waals surface area contributed by atoms with Crippen LogP contribution >= 0.6 is 50.9 Å². The summed E-state index contributed by atoms with van der Waals surface area (Å²) in [6, 6.07) is 16.5. The zero-order valence-electron chi connectivity index (χ0n) is 16.9. The Kier molecular flexibility index (Phi) is 7.44. The highest BCUT2D eigenvalue weighted by atomic mass is 79.9. The predicted octanol–water partition coefficient (Wildman–Crippen LogP) is 7.71. The normalized spacial score (nSPS) is 14.9. The number of rotatable bonds is 6. The molecule has 0 saturated carbocycles. The molecule has 0 atom stereocenters. The van der Waals surface area contributed by atoms with Crippen LogP contribution in [0.1, 0.15) is 16.7 Å². The van der Waals surface area contributed by atoms with Crippen LogP contribution in [-0.2, 0) is 17.9 Å². The lowest BCUT2D eigenvalue weighted by atomic mass is 10.1. The van der Waals surface area contributed by atoms with Crippen LogP contribution in [0.3, 0.4) is 0 Å². The smallest absolute Gasteiger partial charge is 0.293 e. The molecule has 0 aromatic heterocycles. The molecule has 2 amide bonds. The summed E-state index contributed by atoms with van der Waals surface area (Å²) in [5, 5.41) is 0.442. The number of nitrogens with zero attached hydrogens (tertiary/aromatic N) is 1. The third-order valence-corrected chi connectivity index (χ3v) is 6.80. The highest BCUT2D eigenvalue weighted by Gasteiger charge is 2.35. The molecule has 0 unspecified atom stereocenters. The van der Waals surface area contributed by atoms with Crippen molar-refractivity contribution in [3.8, 4) is 5.75 Å². The van der Waals surface area contributed by atoms with Crippen LogP contribution in [0.4, 0.5) is 9.18 Å². The molecule has 1 fully saturated rings. The van der Waals surface area contributed by atoms with Gasteiger partial charge in [0.15, 0.2) is 0 Å². The van der Waals surface area contributed by atoms with E-state index in [2.05, 4.69) is 15.9 Å². The van der Waals surface area contributed by atoms with Crippen molar-refractivity contribution in [3.63, 3.8) is 0 Å². The Morgan fingerprint density at radius 1 is 1.03 bits per heavy atom. The Morgan fingerprint density at radius 2 is 1.82 bits per heavy atom. The summed E-state index contributed by atoms with van der Waals surface area (Å²) in [7, 11) is 0. The van der Waals surface area contributed by atoms with Crippen LogP contribution in [0.25, 0.3) is 6.08 Å². The van der Waals surface area contributed by atoms with Gasteiger partial charge in [-0.3, -0.25) is 14.5 Å². The molecule has 3 aromatic rings. The Balaban J connectivity index is 1.57. The quantitative estimate of drug-likeness (QED) is 0.287. The van der Waals surface area contributed by atoms with Gasteiger partial charge < -0.3 is 4.74 Å². The molecule has 3 aromatic carbocycles. The summed E-state index contributed by atoms with van der Waals surface area (Å²) in [6.45, 7) is 0.0544. The fraction of sp³-hybridized carbons (Fsp3) is 0.0833. The van der Waals surface area contributed by atoms with Crippen molar-refractivity contribution in [2.24, 2.45) is 0 Å². The second-order valence-electron chi connectivity index (χ2n) is 7.07. The van der Waals surface area contributed by atoms with Crippen LogP contribution in [0, 0.1) is 5.82 Å². The van der Waals surface area contributed by atoms with Gasteiger partial charge in [0.1, 0.15) is 18.2 Å². The summed E-state index contributed by atoms with van der Waals surface area (Å²) in [6.07, 6.45) is 1.59. The van der Waals surface area contributed by atoms with Gasteiger partial charge in [-0.15, -0.1) is 0 Å². The molecule has 168 valence electrons. The molecular formula is C24H15BrCl2FNO3S. The monoisotopic (exact) mass is 565 g/mol. The first-order valence-electron chi connectivity index (χ1n) is 9.67. The number of halogens is 4. The number of thioether (sulfide) groups is 1. The molecule has 1 heterocycles. The highest BCUT2D eigenvalue weighted by Crippen LogP contribution is 2.36. The molecule has 4 rings (SSSR count). The number of carbonyl (C=O) groups excluding carboxylic acids is 2. The lowest BCUT2D eigenvalue weighted by molar-refractivity contribution is -0.123. The first-order chi connectivity index (χ1) is 15.8. The molecular weight excluding hydrogens is 552 g/mol. The molecule has 33 heavy (non-hydrogen) atoms. The Morgan fingerprint density at radius 3 is 2.58 bits per heavy atom. The van der Waals surface area contributed by atoms with Crippen molar-refractivity contribution in [1.82, 2.24) is 4.90 Å². The summed E-state index contributed by atoms with van der Waals surface area (Å²) in [5.74, 6) is -0.344. The minimum absolute atomic E-state index is 0.0195. The maximum Gasteiger partial charge on any atom is 0.293 e. The van der Waals surface area contributed by atoms with E-state index in [-0.39, 0.29) is 23.9 Å². The lowest BCUT2D eigenvalue weighted by Crippen LogP contribution is -2.27. The largest absolute Gasteiger partial charge is 0.488 e. The molecule has 0 spiro atoms. The number of hydrogen-bond donors (Lipinski definition) is 0. The number of hydrogen-bond acceptors (Lipinski definition) is 4. The summed E-state index contributed by atoms with van der Waals surface area (Å²) in [5.41, 5.74) is 1.60. The van der Waals surface area contributed by atoms with Crippen LogP contribution in [0.2, 0.25) is 10.0 Å². The molecule has 0 aliphatic carbocycles. The van der Waals surface area contributed by atoms with E-state index in [0.29, 0.717) is 32.5 Å². The molecule has 1 aliphatic rings. The van der Waals surface area contributed by atoms with Crippen molar-refractivity contribution in [3.05, 3.63) is 103 Å². The summed E-state index contributed by atoms with van der Waals surface area (Å²) >= 11 is 16.4. The van der Waals surface area contributed by atoms with Gasteiger partial charge in [-0.25, -0.2) is 4.39 Å². The second-order valence-corrected chi connectivity index (χ2v) is 9.82. The van der Waals surface area contributed by atoms with E-state index in [1.165, 1.54) is 6.07 Å². The molecule has 0 bridgehead atoms. The molecule has 9 heteroatoms. The van der Waals surface area contributed by atoms with Gasteiger partial charge in [-0.1, -0.05) is 63.4 Å². The van der Waals surface area contributed by atoms with Gasteiger partial charge in [-0.05, 0) is 59.8 Å². The van der Waals surface area contributed by atoms with Crippen molar-refractivity contribution < 1.29 is 18.7 Å². The second kappa shape index (κ2) is 10.3. The van der Waals surface area contributed by atoms with Crippen molar-refractivity contribution in [1.29, 1.82) is 0 Å². The standard InChI is InChI=1S/C24H15BrCl2FNO3S/c25-17-6-8-21(32-13-15-3-1-2-4-20(15)28)16(9-17)10-22-23(30)29(24(31)33-22)12-14-5-7-18(26)11-19(14)27/h1-11H,12-13H2/b22-10-. The van der Waals surface area contributed by atoms with Crippen molar-refractivity contribution in [2.45, 2.75) is 13.2 Å². The lowest BCUT2D eigenvalue weighted by Gasteiger charge is -2.14. The fourth-order valence-corrected chi connectivity index (χ4v) is 4.81. The third-order valence-electron chi connectivity index (χ3n) is 4.82. The van der Waals surface area contributed by atoms with Crippen molar-refractivity contribution in [2.75, 3.05) is 0 Å². The number of amides is 2. The van der Waals surface area contributed by atoms with Crippen LogP contribution in [0.15, 0.2) is 70.0 Å². The van der Waals surface area contributed by atoms with E-state index in [1.54, 1.807) is 60.7 Å². The number of ether oxygens (including phenoxy) is 1. The van der Waals surface area contributed by atoms with Gasteiger partial charge in [0, 0.05) is 25.6 Å². The Labute approximate surface area is 212 Å². The third kappa shape index (κ3) is 5.61. The van der Waals surface area contributed by atoms with Crippen LogP contribution in [0.5, 0.6) is 5.75 Å². The van der Waals surface area contributed by atoms with Crippen LogP contribution < -0.4 is 4.74 Å². The Bertz CT molecular complexity index is 1280. The summed E-state index contributed by atoms with van der Waals surface area (Å²) < 4.78 is 20.5. The average molecular weight is 567 g/mol. The van der Waals surface area contributed by atoms with E-state index in [4.69, 9.17) is 27.9 Å². The first kappa shape index (κ1) is 23.8. The van der Waals surface area contributed by atoms with Crippen molar-refractivity contribution >= 4 is 68.1 Å². The van der Waals surface area contributed by atoms with Gasteiger partial charge in [-0.2, -0.15) is 0 Å². The minimum atomic E-state index is -0.434. The van der Waals surface area contributed by atoms with Crippen LogP contribution in [-0.4, -0.2) is 16.0 Å². The zero-order valence-corrected chi connectivity index (χ0v) is 20.8. The van der Waals surface area contributed by atoms with E-state index < -0.39 is 11.1 Å². The predicted molar refractivity (Wildman–Crippen MR) is 133 cm³/mol.